The zero-order valence-electron chi connectivity index (χ0n) is 18.5. The molecule has 1 amide bonds. The first kappa shape index (κ1) is 21.7. The molecule has 2 heterocycles. The Kier molecular flexibility index (Phi) is 6.05. The van der Waals surface area contributed by atoms with E-state index >= 15 is 0 Å². The molecular formula is C24H26N4O4. The predicted octanol–water partition coefficient (Wildman–Crippen LogP) is 1.84. The zero-order chi connectivity index (χ0) is 22.8. The lowest BCUT2D eigenvalue weighted by Crippen LogP contribution is -2.48. The molecule has 0 N–H and O–H groups in total. The number of ether oxygens (including phenoxy) is 1. The lowest BCUT2D eigenvalue weighted by molar-refractivity contribution is 0.0295. The molecule has 0 aliphatic carbocycles. The molecule has 2 aromatic carbocycles. The lowest BCUT2D eigenvalue weighted by Gasteiger charge is -2.26. The third kappa shape index (κ3) is 4.27. The van der Waals surface area contributed by atoms with Gasteiger partial charge in [-0.15, -0.1) is 0 Å². The number of nitrogens with zero attached hydrogens (tertiary/aromatic N) is 4. The molecule has 1 saturated heterocycles. The number of benzene rings is 2. The highest BCUT2D eigenvalue weighted by atomic mass is 16.5. The molecular weight excluding hydrogens is 408 g/mol. The molecule has 0 radical (unpaired) electrons. The first-order valence-electron chi connectivity index (χ1n) is 10.6. The predicted molar refractivity (Wildman–Crippen MR) is 121 cm³/mol. The maximum Gasteiger partial charge on any atom is 0.352 e. The summed E-state index contributed by atoms with van der Waals surface area (Å²) < 4.78 is 7.54. The molecule has 1 aliphatic rings. The molecule has 32 heavy (non-hydrogen) atoms. The molecule has 4 rings (SSSR count). The van der Waals surface area contributed by atoms with E-state index in [0.29, 0.717) is 32.0 Å². The van der Waals surface area contributed by atoms with Gasteiger partial charge < -0.3 is 9.64 Å². The van der Waals surface area contributed by atoms with Crippen molar-refractivity contribution in [1.29, 1.82) is 0 Å². The van der Waals surface area contributed by atoms with Gasteiger partial charge in [-0.25, -0.2) is 4.79 Å². The standard InChI is InChI=1S/C24H26N4O4/c1-16-4-7-19(8-5-16)15-27-23(30)21(22(29)26-10-12-32-13-11-26)25-28(24(27)31)20-9-6-17(2)18(3)14-20/h4-9,14H,10-13,15H2,1-3H3. The van der Waals surface area contributed by atoms with Gasteiger partial charge in [-0.2, -0.15) is 9.78 Å². The fourth-order valence-electron chi connectivity index (χ4n) is 3.61. The molecule has 0 spiro atoms. The Morgan fingerprint density at radius 1 is 0.969 bits per heavy atom. The first-order valence-corrected chi connectivity index (χ1v) is 10.6. The minimum Gasteiger partial charge on any atom is -0.378 e. The maximum atomic E-state index is 13.3. The van der Waals surface area contributed by atoms with Gasteiger partial charge in [0.25, 0.3) is 11.5 Å². The van der Waals surface area contributed by atoms with Crippen molar-refractivity contribution < 1.29 is 9.53 Å². The highest BCUT2D eigenvalue weighted by Crippen LogP contribution is 2.12. The van der Waals surface area contributed by atoms with Crippen molar-refractivity contribution in [2.75, 3.05) is 26.3 Å². The third-order valence-electron chi connectivity index (χ3n) is 5.76. The number of aryl methyl sites for hydroxylation is 3. The van der Waals surface area contributed by atoms with Gasteiger partial charge in [0.15, 0.2) is 0 Å². The van der Waals surface area contributed by atoms with E-state index in [9.17, 15) is 14.4 Å². The average molecular weight is 434 g/mol. The largest absolute Gasteiger partial charge is 0.378 e. The van der Waals surface area contributed by atoms with Crippen LogP contribution in [0.2, 0.25) is 0 Å². The summed E-state index contributed by atoms with van der Waals surface area (Å²) in [7, 11) is 0. The van der Waals surface area contributed by atoms with E-state index in [1.165, 1.54) is 0 Å². The zero-order valence-corrected chi connectivity index (χ0v) is 18.5. The van der Waals surface area contributed by atoms with E-state index in [1.54, 1.807) is 11.0 Å². The Balaban J connectivity index is 1.87. The van der Waals surface area contributed by atoms with Gasteiger partial charge in [-0.3, -0.25) is 14.2 Å². The summed E-state index contributed by atoms with van der Waals surface area (Å²) in [5.41, 5.74) is 2.88. The number of hydrogen-bond acceptors (Lipinski definition) is 5. The normalized spacial score (nSPS) is 13.9. The summed E-state index contributed by atoms with van der Waals surface area (Å²) in [6.45, 7) is 7.48. The molecule has 1 fully saturated rings. The highest BCUT2D eigenvalue weighted by molar-refractivity contribution is 5.91. The van der Waals surface area contributed by atoms with E-state index in [0.717, 1.165) is 31.5 Å². The van der Waals surface area contributed by atoms with Gasteiger partial charge in [0.1, 0.15) is 0 Å². The second-order valence-corrected chi connectivity index (χ2v) is 8.09. The first-order chi connectivity index (χ1) is 15.3. The van der Waals surface area contributed by atoms with Crippen LogP contribution in [0.4, 0.5) is 0 Å². The number of morpholine rings is 1. The van der Waals surface area contributed by atoms with Crippen molar-refractivity contribution in [2.24, 2.45) is 0 Å². The van der Waals surface area contributed by atoms with Crippen LogP contribution in [0, 0.1) is 20.8 Å². The lowest BCUT2D eigenvalue weighted by atomic mass is 10.1. The minimum absolute atomic E-state index is 0.0503. The van der Waals surface area contributed by atoms with E-state index in [-0.39, 0.29) is 12.2 Å². The van der Waals surface area contributed by atoms with E-state index in [2.05, 4.69) is 5.10 Å². The van der Waals surface area contributed by atoms with Crippen molar-refractivity contribution in [3.8, 4) is 5.69 Å². The number of carbonyl (C=O) groups excluding carboxylic acids is 1. The van der Waals surface area contributed by atoms with E-state index in [4.69, 9.17) is 4.74 Å². The summed E-state index contributed by atoms with van der Waals surface area (Å²) in [5.74, 6) is -0.492. The van der Waals surface area contributed by atoms with Crippen LogP contribution in [0.1, 0.15) is 32.7 Å². The highest BCUT2D eigenvalue weighted by Gasteiger charge is 2.26. The van der Waals surface area contributed by atoms with Gasteiger partial charge >= 0.3 is 5.69 Å². The monoisotopic (exact) mass is 434 g/mol. The van der Waals surface area contributed by atoms with Gasteiger partial charge in [0, 0.05) is 13.1 Å². The van der Waals surface area contributed by atoms with Gasteiger partial charge in [0.05, 0.1) is 25.4 Å². The van der Waals surface area contributed by atoms with Gasteiger partial charge in [0.2, 0.25) is 5.69 Å². The number of amides is 1. The van der Waals surface area contributed by atoms with Crippen LogP contribution in [-0.2, 0) is 11.3 Å². The van der Waals surface area contributed by atoms with Crippen molar-refractivity contribution in [2.45, 2.75) is 27.3 Å². The molecule has 166 valence electrons. The number of rotatable bonds is 4. The fraction of sp³-hybridized carbons (Fsp3) is 0.333. The summed E-state index contributed by atoms with van der Waals surface area (Å²) in [4.78, 5) is 41.3. The summed E-state index contributed by atoms with van der Waals surface area (Å²) in [6.07, 6.45) is 0. The van der Waals surface area contributed by atoms with Gasteiger partial charge in [-0.1, -0.05) is 35.9 Å². The Bertz CT molecular complexity index is 1270. The smallest absolute Gasteiger partial charge is 0.352 e. The maximum absolute atomic E-state index is 13.3. The minimum atomic E-state index is -0.688. The van der Waals surface area contributed by atoms with Crippen molar-refractivity contribution in [3.63, 3.8) is 0 Å². The molecule has 0 unspecified atom stereocenters. The molecule has 1 aromatic heterocycles. The topological polar surface area (TPSA) is 86.4 Å². The Hall–Kier alpha value is -3.52. The second-order valence-electron chi connectivity index (χ2n) is 8.09. The molecule has 0 saturated carbocycles. The SMILES string of the molecule is Cc1ccc(Cn2c(=O)c(C(=O)N3CCOCC3)nn(-c3ccc(C)c(C)c3)c2=O)cc1. The molecule has 0 atom stereocenters. The van der Waals surface area contributed by atoms with Crippen LogP contribution in [0.15, 0.2) is 52.1 Å². The van der Waals surface area contributed by atoms with Crippen LogP contribution in [-0.4, -0.2) is 51.5 Å². The third-order valence-corrected chi connectivity index (χ3v) is 5.76. The van der Waals surface area contributed by atoms with E-state index in [1.807, 2.05) is 57.2 Å². The van der Waals surface area contributed by atoms with Crippen LogP contribution < -0.4 is 11.2 Å². The summed E-state index contributed by atoms with van der Waals surface area (Å²) >= 11 is 0. The van der Waals surface area contributed by atoms with Crippen molar-refractivity contribution in [1.82, 2.24) is 19.2 Å². The molecule has 3 aromatic rings. The molecule has 0 bridgehead atoms. The van der Waals surface area contributed by atoms with Crippen LogP contribution >= 0.6 is 0 Å². The van der Waals surface area contributed by atoms with Crippen LogP contribution in [0.5, 0.6) is 0 Å². The molecule has 1 aliphatic heterocycles. The number of hydrogen-bond donors (Lipinski definition) is 0. The fourth-order valence-corrected chi connectivity index (χ4v) is 3.61. The summed E-state index contributed by atoms with van der Waals surface area (Å²) in [5, 5.41) is 4.24. The quantitative estimate of drug-likeness (QED) is 0.626. The van der Waals surface area contributed by atoms with Crippen LogP contribution in [0.25, 0.3) is 5.69 Å². The Morgan fingerprint density at radius 3 is 2.31 bits per heavy atom. The molecule has 8 heteroatoms. The van der Waals surface area contributed by atoms with Crippen molar-refractivity contribution >= 4 is 5.91 Å². The Labute approximate surface area is 185 Å². The van der Waals surface area contributed by atoms with Gasteiger partial charge in [-0.05, 0) is 49.6 Å². The van der Waals surface area contributed by atoms with Crippen molar-refractivity contribution in [3.05, 3.63) is 91.3 Å². The average Bonchev–Trinajstić information content (AvgIpc) is 2.80. The van der Waals surface area contributed by atoms with Crippen LogP contribution in [0.3, 0.4) is 0 Å². The van der Waals surface area contributed by atoms with E-state index < -0.39 is 17.2 Å². The second kappa shape index (κ2) is 8.92. The number of aromatic nitrogens is 3. The number of carbonyl (C=O) groups is 1. The summed E-state index contributed by atoms with van der Waals surface area (Å²) in [6, 6.07) is 13.1. The Morgan fingerprint density at radius 2 is 1.66 bits per heavy atom. The molecule has 8 nitrogen and oxygen atoms in total.